The zero-order chi connectivity index (χ0) is 9.26. The van der Waals surface area contributed by atoms with Gasteiger partial charge in [0.15, 0.2) is 0 Å². The standard InChI is InChI=1S/C12H16O/c1-2-3-9-4-10-6-11(5-9)8-12(13)7-10/h2,4,10-11H,1,3,5-8H2/t10-,11+/m1/s1. The number of carbonyl (C=O) groups excluding carboxylic acids is 1. The molecule has 0 spiro atoms. The van der Waals surface area contributed by atoms with E-state index in [2.05, 4.69) is 12.7 Å². The lowest BCUT2D eigenvalue weighted by molar-refractivity contribution is -0.122. The Morgan fingerprint density at radius 3 is 3.00 bits per heavy atom. The molecular weight excluding hydrogens is 160 g/mol. The second-order valence-electron chi connectivity index (χ2n) is 4.33. The molecule has 1 heteroatoms. The molecule has 2 rings (SSSR count). The summed E-state index contributed by atoms with van der Waals surface area (Å²) in [5.41, 5.74) is 1.50. The van der Waals surface area contributed by atoms with Gasteiger partial charge >= 0.3 is 0 Å². The lowest BCUT2D eigenvalue weighted by Gasteiger charge is -2.32. The first kappa shape index (κ1) is 8.74. The third kappa shape index (κ3) is 1.90. The van der Waals surface area contributed by atoms with Gasteiger partial charge in [0, 0.05) is 12.8 Å². The second kappa shape index (κ2) is 3.49. The minimum absolute atomic E-state index is 0.468. The number of rotatable bonds is 2. The van der Waals surface area contributed by atoms with E-state index in [-0.39, 0.29) is 0 Å². The molecule has 0 radical (unpaired) electrons. The first-order valence-electron chi connectivity index (χ1n) is 5.10. The molecule has 2 aliphatic carbocycles. The number of fused-ring (bicyclic) bond motifs is 2. The Morgan fingerprint density at radius 2 is 2.31 bits per heavy atom. The van der Waals surface area contributed by atoms with Crippen LogP contribution in [0.2, 0.25) is 0 Å². The van der Waals surface area contributed by atoms with E-state index in [1.807, 2.05) is 6.08 Å². The Hall–Kier alpha value is -0.850. The molecule has 0 aromatic heterocycles. The van der Waals surface area contributed by atoms with Crippen LogP contribution in [0.15, 0.2) is 24.3 Å². The largest absolute Gasteiger partial charge is 0.300 e. The minimum Gasteiger partial charge on any atom is -0.300 e. The molecule has 1 saturated carbocycles. The van der Waals surface area contributed by atoms with Crippen LogP contribution in [0.3, 0.4) is 0 Å². The van der Waals surface area contributed by atoms with E-state index in [0.717, 1.165) is 25.7 Å². The van der Waals surface area contributed by atoms with Crippen LogP contribution in [0.4, 0.5) is 0 Å². The van der Waals surface area contributed by atoms with E-state index < -0.39 is 0 Å². The predicted octanol–water partition coefficient (Wildman–Crippen LogP) is 2.88. The fourth-order valence-corrected chi connectivity index (χ4v) is 2.68. The van der Waals surface area contributed by atoms with Gasteiger partial charge in [-0.3, -0.25) is 4.79 Å². The minimum atomic E-state index is 0.468. The molecule has 1 nitrogen and oxygen atoms in total. The van der Waals surface area contributed by atoms with Gasteiger partial charge < -0.3 is 0 Å². The first-order valence-corrected chi connectivity index (χ1v) is 5.10. The van der Waals surface area contributed by atoms with E-state index in [0.29, 0.717) is 17.6 Å². The normalized spacial score (nSPS) is 32.6. The number of carbonyl (C=O) groups is 1. The summed E-state index contributed by atoms with van der Waals surface area (Å²) in [7, 11) is 0. The van der Waals surface area contributed by atoms with Crippen LogP contribution in [0.5, 0.6) is 0 Å². The predicted molar refractivity (Wildman–Crippen MR) is 53.4 cm³/mol. The lowest BCUT2D eigenvalue weighted by Crippen LogP contribution is -2.25. The summed E-state index contributed by atoms with van der Waals surface area (Å²) in [4.78, 5) is 11.3. The maximum absolute atomic E-state index is 11.3. The molecular formula is C12H16O. The molecule has 0 aromatic carbocycles. The zero-order valence-electron chi connectivity index (χ0n) is 7.96. The molecule has 0 heterocycles. The van der Waals surface area contributed by atoms with Crippen molar-refractivity contribution in [3.8, 4) is 0 Å². The van der Waals surface area contributed by atoms with E-state index in [1.165, 1.54) is 12.0 Å². The summed E-state index contributed by atoms with van der Waals surface area (Å²) < 4.78 is 0. The summed E-state index contributed by atoms with van der Waals surface area (Å²) in [5, 5.41) is 0. The third-order valence-corrected chi connectivity index (χ3v) is 3.07. The van der Waals surface area contributed by atoms with Crippen molar-refractivity contribution in [1.82, 2.24) is 0 Å². The highest BCUT2D eigenvalue weighted by Gasteiger charge is 2.29. The van der Waals surface area contributed by atoms with Crippen molar-refractivity contribution in [1.29, 1.82) is 0 Å². The van der Waals surface area contributed by atoms with Crippen molar-refractivity contribution in [2.75, 3.05) is 0 Å². The molecule has 1 fully saturated rings. The van der Waals surface area contributed by atoms with Crippen molar-refractivity contribution in [3.05, 3.63) is 24.3 Å². The summed E-state index contributed by atoms with van der Waals surface area (Å²) in [6, 6.07) is 0. The van der Waals surface area contributed by atoms with Gasteiger partial charge in [0.25, 0.3) is 0 Å². The fraction of sp³-hybridized carbons (Fsp3) is 0.583. The molecule has 70 valence electrons. The molecule has 0 aromatic rings. The molecule has 0 N–H and O–H groups in total. The summed E-state index contributed by atoms with van der Waals surface area (Å²) in [6.07, 6.45) is 9.29. The van der Waals surface area contributed by atoms with Crippen molar-refractivity contribution in [2.45, 2.75) is 32.1 Å². The topological polar surface area (TPSA) is 17.1 Å². The quantitative estimate of drug-likeness (QED) is 0.591. The van der Waals surface area contributed by atoms with Gasteiger partial charge in [0.1, 0.15) is 5.78 Å². The van der Waals surface area contributed by atoms with Crippen molar-refractivity contribution >= 4 is 5.78 Å². The van der Waals surface area contributed by atoms with Crippen LogP contribution >= 0.6 is 0 Å². The van der Waals surface area contributed by atoms with Gasteiger partial charge in [-0.1, -0.05) is 17.7 Å². The summed E-state index contributed by atoms with van der Waals surface area (Å²) in [5.74, 6) is 1.66. The Labute approximate surface area is 79.5 Å². The average molecular weight is 176 g/mol. The van der Waals surface area contributed by atoms with Crippen LogP contribution in [-0.2, 0) is 4.79 Å². The maximum Gasteiger partial charge on any atom is 0.133 e. The van der Waals surface area contributed by atoms with E-state index in [9.17, 15) is 4.79 Å². The average Bonchev–Trinajstić information content (AvgIpc) is 2.01. The van der Waals surface area contributed by atoms with Gasteiger partial charge in [0.2, 0.25) is 0 Å². The Bertz CT molecular complexity index is 262. The van der Waals surface area contributed by atoms with Crippen molar-refractivity contribution in [2.24, 2.45) is 11.8 Å². The van der Waals surface area contributed by atoms with E-state index in [1.54, 1.807) is 0 Å². The van der Waals surface area contributed by atoms with E-state index in [4.69, 9.17) is 0 Å². The number of allylic oxidation sites excluding steroid dienone is 3. The number of Topliss-reactive ketones (excluding diaryl/α,β-unsaturated/α-hetero) is 1. The molecule has 0 aliphatic heterocycles. The molecule has 2 bridgehead atoms. The molecule has 0 amide bonds. The zero-order valence-corrected chi connectivity index (χ0v) is 7.96. The van der Waals surface area contributed by atoms with Crippen molar-refractivity contribution in [3.63, 3.8) is 0 Å². The van der Waals surface area contributed by atoms with Gasteiger partial charge in [-0.05, 0) is 31.1 Å². The highest BCUT2D eigenvalue weighted by molar-refractivity contribution is 5.80. The van der Waals surface area contributed by atoms with Crippen LogP contribution in [-0.4, -0.2) is 5.78 Å². The lowest BCUT2D eigenvalue weighted by atomic mass is 9.72. The third-order valence-electron chi connectivity index (χ3n) is 3.07. The van der Waals surface area contributed by atoms with Gasteiger partial charge in [-0.2, -0.15) is 0 Å². The Morgan fingerprint density at radius 1 is 1.46 bits per heavy atom. The monoisotopic (exact) mass is 176 g/mol. The Balaban J connectivity index is 2.11. The molecule has 0 saturated heterocycles. The van der Waals surface area contributed by atoms with E-state index >= 15 is 0 Å². The molecule has 2 atom stereocenters. The Kier molecular flexibility index (Phi) is 2.34. The SMILES string of the molecule is C=CCC1=C[C@H]2CC(=O)C[C@@H](C1)C2. The number of ketones is 1. The smallest absolute Gasteiger partial charge is 0.133 e. The van der Waals surface area contributed by atoms with Gasteiger partial charge in [0.05, 0.1) is 0 Å². The van der Waals surface area contributed by atoms with Crippen LogP contribution < -0.4 is 0 Å². The highest BCUT2D eigenvalue weighted by Crippen LogP contribution is 2.38. The number of hydrogen-bond acceptors (Lipinski definition) is 1. The number of hydrogen-bond donors (Lipinski definition) is 0. The molecule has 0 unspecified atom stereocenters. The first-order chi connectivity index (χ1) is 6.28. The summed E-state index contributed by atoms with van der Waals surface area (Å²) >= 11 is 0. The summed E-state index contributed by atoms with van der Waals surface area (Å²) in [6.45, 7) is 3.76. The molecule has 2 aliphatic rings. The highest BCUT2D eigenvalue weighted by atomic mass is 16.1. The van der Waals surface area contributed by atoms with Gasteiger partial charge in [-0.15, -0.1) is 6.58 Å². The van der Waals surface area contributed by atoms with Gasteiger partial charge in [-0.25, -0.2) is 0 Å². The maximum atomic E-state index is 11.3. The second-order valence-corrected chi connectivity index (χ2v) is 4.33. The van der Waals surface area contributed by atoms with Crippen molar-refractivity contribution < 1.29 is 4.79 Å². The van der Waals surface area contributed by atoms with Crippen LogP contribution in [0, 0.1) is 11.8 Å². The fourth-order valence-electron chi connectivity index (χ4n) is 2.68. The van der Waals surface area contributed by atoms with Crippen LogP contribution in [0.1, 0.15) is 32.1 Å². The molecule has 13 heavy (non-hydrogen) atoms. The van der Waals surface area contributed by atoms with Crippen LogP contribution in [0.25, 0.3) is 0 Å².